The van der Waals surface area contributed by atoms with Crippen LogP contribution in [0.3, 0.4) is 0 Å². The van der Waals surface area contributed by atoms with Crippen molar-refractivity contribution in [2.45, 2.75) is 20.8 Å². The Kier molecular flexibility index (Phi) is 7.72. The van der Waals surface area contributed by atoms with Crippen molar-refractivity contribution >= 4 is 45.9 Å². The Labute approximate surface area is 223 Å². The first-order valence-corrected chi connectivity index (χ1v) is 12.4. The first kappa shape index (κ1) is 26.4. The lowest BCUT2D eigenvalue weighted by Gasteiger charge is -2.26. The Morgan fingerprint density at radius 1 is 0.632 bits per heavy atom. The predicted octanol–water partition coefficient (Wildman–Crippen LogP) is 7.19. The highest BCUT2D eigenvalue weighted by Crippen LogP contribution is 2.34. The van der Waals surface area contributed by atoms with Crippen LogP contribution in [0.25, 0.3) is 0 Å². The van der Waals surface area contributed by atoms with E-state index in [1.165, 1.54) is 13.8 Å². The summed E-state index contributed by atoms with van der Waals surface area (Å²) in [5.41, 5.74) is 6.62. The molecule has 0 aliphatic heterocycles. The fraction of sp³-hybridized carbons (Fsp3) is 0.156. The molecule has 0 unspecified atom stereocenters. The Morgan fingerprint density at radius 2 is 1.18 bits per heavy atom. The van der Waals surface area contributed by atoms with Crippen LogP contribution in [-0.4, -0.2) is 31.6 Å². The summed E-state index contributed by atoms with van der Waals surface area (Å²) in [7, 11) is 3.99. The molecule has 0 saturated heterocycles. The zero-order valence-corrected chi connectivity index (χ0v) is 22.3. The van der Waals surface area contributed by atoms with E-state index in [1.807, 2.05) is 62.3 Å². The summed E-state index contributed by atoms with van der Waals surface area (Å²) in [6, 6.07) is 27.6. The van der Waals surface area contributed by atoms with Gasteiger partial charge in [0.05, 0.1) is 5.69 Å². The van der Waals surface area contributed by atoms with E-state index >= 15 is 0 Å². The molecule has 38 heavy (non-hydrogen) atoms. The molecule has 4 rings (SSSR count). The standard InChI is InChI=1S/C32H31N3O3/c1-21-9-16-28(33-27-7-6-8-30(19-27)34(4)5)20-31(21)35(29-17-14-25(15-18-29)23(3)37)32(38)26-12-10-24(11-13-26)22(2)36/h6-20,33H,1-5H3. The highest BCUT2D eigenvalue weighted by atomic mass is 16.2. The van der Waals surface area contributed by atoms with Crippen LogP contribution < -0.4 is 15.1 Å². The van der Waals surface area contributed by atoms with Gasteiger partial charge < -0.3 is 10.2 Å². The number of benzene rings is 4. The molecule has 0 spiro atoms. The van der Waals surface area contributed by atoms with Crippen LogP contribution in [0.2, 0.25) is 0 Å². The van der Waals surface area contributed by atoms with E-state index in [4.69, 9.17) is 0 Å². The average Bonchev–Trinajstić information content (AvgIpc) is 2.91. The van der Waals surface area contributed by atoms with Gasteiger partial charge in [0.25, 0.3) is 5.91 Å². The molecule has 1 N–H and O–H groups in total. The van der Waals surface area contributed by atoms with Crippen molar-refractivity contribution in [1.29, 1.82) is 0 Å². The molecule has 0 atom stereocenters. The molecule has 192 valence electrons. The number of anilines is 5. The van der Waals surface area contributed by atoms with Crippen molar-refractivity contribution in [2.75, 3.05) is 29.2 Å². The number of hydrogen-bond donors (Lipinski definition) is 1. The number of rotatable bonds is 8. The third kappa shape index (κ3) is 5.81. The molecular formula is C32H31N3O3. The summed E-state index contributed by atoms with van der Waals surface area (Å²) >= 11 is 0. The molecule has 0 saturated carbocycles. The number of Topliss-reactive ketones (excluding diaryl/α,β-unsaturated/α-hetero) is 2. The van der Waals surface area contributed by atoms with Gasteiger partial charge in [0.15, 0.2) is 11.6 Å². The van der Waals surface area contributed by atoms with Crippen molar-refractivity contribution < 1.29 is 14.4 Å². The molecule has 6 nitrogen and oxygen atoms in total. The second kappa shape index (κ2) is 11.1. The number of amides is 1. The zero-order valence-electron chi connectivity index (χ0n) is 22.3. The first-order valence-electron chi connectivity index (χ1n) is 12.4. The number of ketones is 2. The third-order valence-corrected chi connectivity index (χ3v) is 6.37. The van der Waals surface area contributed by atoms with Gasteiger partial charge in [0, 0.05) is 53.5 Å². The third-order valence-electron chi connectivity index (χ3n) is 6.37. The van der Waals surface area contributed by atoms with Crippen LogP contribution in [0.5, 0.6) is 0 Å². The molecule has 4 aromatic carbocycles. The minimum atomic E-state index is -0.245. The SMILES string of the molecule is CC(=O)c1ccc(C(=O)N(c2ccc(C(C)=O)cc2)c2cc(Nc3cccc(N(C)C)c3)ccc2C)cc1. The van der Waals surface area contributed by atoms with Gasteiger partial charge in [-0.1, -0.05) is 24.3 Å². The minimum Gasteiger partial charge on any atom is -0.378 e. The van der Waals surface area contributed by atoms with Crippen molar-refractivity contribution in [3.63, 3.8) is 0 Å². The van der Waals surface area contributed by atoms with Gasteiger partial charge in [-0.3, -0.25) is 19.3 Å². The van der Waals surface area contributed by atoms with E-state index in [0.29, 0.717) is 28.1 Å². The predicted molar refractivity (Wildman–Crippen MR) is 155 cm³/mol. The van der Waals surface area contributed by atoms with Gasteiger partial charge in [0.1, 0.15) is 0 Å². The molecule has 0 radical (unpaired) electrons. The number of nitrogens with zero attached hydrogens (tertiary/aromatic N) is 2. The van der Waals surface area contributed by atoms with Crippen LogP contribution in [0.15, 0.2) is 91.0 Å². The molecule has 0 heterocycles. The van der Waals surface area contributed by atoms with Gasteiger partial charge in [-0.25, -0.2) is 0 Å². The molecule has 6 heteroatoms. The van der Waals surface area contributed by atoms with E-state index in [0.717, 1.165) is 22.6 Å². The number of carbonyl (C=O) groups is 3. The number of hydrogen-bond acceptors (Lipinski definition) is 5. The molecule has 0 fully saturated rings. The highest BCUT2D eigenvalue weighted by Gasteiger charge is 2.22. The summed E-state index contributed by atoms with van der Waals surface area (Å²) < 4.78 is 0. The smallest absolute Gasteiger partial charge is 0.262 e. The molecule has 0 bridgehead atoms. The maximum absolute atomic E-state index is 13.9. The van der Waals surface area contributed by atoms with Crippen LogP contribution in [0, 0.1) is 6.92 Å². The summed E-state index contributed by atoms with van der Waals surface area (Å²) in [6.07, 6.45) is 0. The lowest BCUT2D eigenvalue weighted by molar-refractivity contribution is 0.0992. The lowest BCUT2D eigenvalue weighted by Crippen LogP contribution is -2.27. The van der Waals surface area contributed by atoms with E-state index in [9.17, 15) is 14.4 Å². The maximum Gasteiger partial charge on any atom is 0.262 e. The zero-order chi connectivity index (χ0) is 27.4. The topological polar surface area (TPSA) is 69.7 Å². The molecule has 0 aliphatic rings. The number of nitrogens with one attached hydrogen (secondary N) is 1. The van der Waals surface area contributed by atoms with Gasteiger partial charge >= 0.3 is 0 Å². The minimum absolute atomic E-state index is 0.0448. The molecule has 0 aromatic heterocycles. The second-order valence-corrected chi connectivity index (χ2v) is 9.45. The van der Waals surface area contributed by atoms with Crippen LogP contribution in [-0.2, 0) is 0 Å². The summed E-state index contributed by atoms with van der Waals surface area (Å²) in [5, 5.41) is 3.45. The lowest BCUT2D eigenvalue weighted by atomic mass is 10.0. The fourth-order valence-electron chi connectivity index (χ4n) is 4.14. The molecule has 4 aromatic rings. The summed E-state index contributed by atoms with van der Waals surface area (Å²) in [5.74, 6) is -0.351. The fourth-order valence-corrected chi connectivity index (χ4v) is 4.14. The molecular weight excluding hydrogens is 474 g/mol. The van der Waals surface area contributed by atoms with Gasteiger partial charge in [0.2, 0.25) is 0 Å². The van der Waals surface area contributed by atoms with Gasteiger partial charge in [-0.05, 0) is 93.1 Å². The summed E-state index contributed by atoms with van der Waals surface area (Å²) in [6.45, 7) is 4.96. The highest BCUT2D eigenvalue weighted by molar-refractivity contribution is 6.12. The number of carbonyl (C=O) groups excluding carboxylic acids is 3. The second-order valence-electron chi connectivity index (χ2n) is 9.45. The van der Waals surface area contributed by atoms with E-state index in [-0.39, 0.29) is 17.5 Å². The maximum atomic E-state index is 13.9. The molecule has 1 amide bonds. The Bertz CT molecular complexity index is 1490. The first-order chi connectivity index (χ1) is 18.1. The van der Waals surface area contributed by atoms with Crippen molar-refractivity contribution in [3.8, 4) is 0 Å². The van der Waals surface area contributed by atoms with E-state index < -0.39 is 0 Å². The van der Waals surface area contributed by atoms with Crippen molar-refractivity contribution in [3.05, 3.63) is 113 Å². The van der Waals surface area contributed by atoms with E-state index in [1.54, 1.807) is 53.4 Å². The Morgan fingerprint density at radius 3 is 1.76 bits per heavy atom. The van der Waals surface area contributed by atoms with Gasteiger partial charge in [-0.2, -0.15) is 0 Å². The van der Waals surface area contributed by atoms with Gasteiger partial charge in [-0.15, -0.1) is 0 Å². The average molecular weight is 506 g/mol. The van der Waals surface area contributed by atoms with E-state index in [2.05, 4.69) is 11.4 Å². The Balaban J connectivity index is 1.78. The summed E-state index contributed by atoms with van der Waals surface area (Å²) in [4.78, 5) is 41.2. The number of aryl methyl sites for hydroxylation is 1. The molecule has 0 aliphatic carbocycles. The normalized spacial score (nSPS) is 10.6. The Hall–Kier alpha value is -4.71. The largest absolute Gasteiger partial charge is 0.378 e. The van der Waals surface area contributed by atoms with Crippen LogP contribution >= 0.6 is 0 Å². The van der Waals surface area contributed by atoms with Crippen molar-refractivity contribution in [1.82, 2.24) is 0 Å². The monoisotopic (exact) mass is 505 g/mol. The quantitative estimate of drug-likeness (QED) is 0.257. The van der Waals surface area contributed by atoms with Crippen molar-refractivity contribution in [2.24, 2.45) is 0 Å². The van der Waals surface area contributed by atoms with Crippen LogP contribution in [0.4, 0.5) is 28.4 Å². The van der Waals surface area contributed by atoms with Crippen LogP contribution in [0.1, 0.15) is 50.5 Å².